The molecule has 148 heavy (non-hydrogen) atoms. The van der Waals surface area contributed by atoms with Crippen LogP contribution in [0.25, 0.3) is 199 Å². The van der Waals surface area contributed by atoms with Crippen LogP contribution in [0.5, 0.6) is 0 Å². The zero-order chi connectivity index (χ0) is 98.7. The summed E-state index contributed by atoms with van der Waals surface area (Å²) in [5, 5.41) is 23.2. The summed E-state index contributed by atoms with van der Waals surface area (Å²) < 4.78 is 16.3. The molecule has 10 heterocycles. The van der Waals surface area contributed by atoms with Gasteiger partial charge in [0.1, 0.15) is 11.2 Å². The minimum absolute atomic E-state index is 0. The van der Waals surface area contributed by atoms with Crippen LogP contribution in [-0.2, 0) is 39.0 Å². The molecule has 0 amide bonds. The minimum Gasteiger partial charge on any atom is -0.456 e. The van der Waals surface area contributed by atoms with Gasteiger partial charge in [-0.25, -0.2) is 0 Å². The van der Waals surface area contributed by atoms with Crippen molar-refractivity contribution in [2.75, 3.05) is 0 Å². The minimum atomic E-state index is 0. The first-order valence-corrected chi connectivity index (χ1v) is 49.2. The maximum absolute atomic E-state index is 6.00. The Hall–Kier alpha value is -17.8. The van der Waals surface area contributed by atoms with Gasteiger partial charge in [0.05, 0.1) is 46.6 Å². The summed E-state index contributed by atoms with van der Waals surface area (Å²) in [6, 6.07) is 170. The van der Waals surface area contributed by atoms with Crippen LogP contribution in [0.3, 0.4) is 0 Å². The maximum Gasteiger partial charge on any atom is 2.00 e. The number of hydrogen-bond donors (Lipinski definition) is 0. The molecule has 0 unspecified atom stereocenters. The van der Waals surface area contributed by atoms with Crippen LogP contribution in [0.1, 0.15) is 22.8 Å². The molecule has 16 heteroatoms. The van der Waals surface area contributed by atoms with Crippen molar-refractivity contribution in [1.82, 2.24) is 59.1 Å². The zero-order valence-corrected chi connectivity index (χ0v) is 85.4. The Balaban J connectivity index is 0.000000111. The smallest absolute Gasteiger partial charge is 0.456 e. The number of furan rings is 1. The number of rotatable bonds is 16. The van der Waals surface area contributed by atoms with Gasteiger partial charge in [0.2, 0.25) is 0 Å². The largest absolute Gasteiger partial charge is 2.00 e. The van der Waals surface area contributed by atoms with Crippen LogP contribution >= 0.6 is 11.3 Å². The molecule has 26 aromatic rings. The molecule has 714 valence electrons. The quantitative estimate of drug-likeness (QED) is 0.0684. The number of aromatic nitrogens is 12. The third kappa shape index (κ3) is 23.0. The molecule has 13 nitrogen and oxygen atoms in total. The summed E-state index contributed by atoms with van der Waals surface area (Å²) in [4.78, 5) is 17.7. The first kappa shape index (κ1) is 99.0. The van der Waals surface area contributed by atoms with Gasteiger partial charge in [-0.1, -0.05) is 285 Å². The van der Waals surface area contributed by atoms with Gasteiger partial charge in [-0.2, -0.15) is 117 Å². The second-order valence-corrected chi connectivity index (χ2v) is 36.0. The number of aryl methyl sites for hydroxylation is 2. The van der Waals surface area contributed by atoms with Crippen molar-refractivity contribution in [1.29, 1.82) is 0 Å². The number of para-hydroxylation sites is 5. The zero-order valence-electron chi connectivity index (χ0n) is 81.3. The van der Waals surface area contributed by atoms with E-state index in [0.29, 0.717) is 0 Å². The van der Waals surface area contributed by atoms with Gasteiger partial charge in [0.15, 0.2) is 0 Å². The van der Waals surface area contributed by atoms with E-state index in [9.17, 15) is 0 Å². The molecule has 0 bridgehead atoms. The van der Waals surface area contributed by atoms with Crippen LogP contribution in [0.4, 0.5) is 0 Å². The van der Waals surface area contributed by atoms with Crippen molar-refractivity contribution in [2.45, 2.75) is 27.7 Å². The van der Waals surface area contributed by atoms with Gasteiger partial charge in [-0.15, -0.1) is 35.6 Å². The summed E-state index contributed by atoms with van der Waals surface area (Å²) in [6.07, 6.45) is 15.1. The monoisotopic (exact) mass is 2100 g/mol. The van der Waals surface area contributed by atoms with E-state index in [0.717, 1.165) is 129 Å². The predicted octanol–water partition coefficient (Wildman–Crippen LogP) is 33.1. The molecule has 0 spiro atoms. The molecule has 0 aliphatic carbocycles. The molecule has 0 fully saturated rings. The van der Waals surface area contributed by atoms with Gasteiger partial charge >= 0.3 is 39.0 Å². The van der Waals surface area contributed by atoms with Gasteiger partial charge in [0.25, 0.3) is 0 Å². The van der Waals surface area contributed by atoms with E-state index in [1.54, 1.807) is 12.4 Å². The average molecular weight is 2100 g/mol. The van der Waals surface area contributed by atoms with Crippen molar-refractivity contribution >= 4 is 53.4 Å². The molecule has 10 aromatic heterocycles. The van der Waals surface area contributed by atoms with E-state index in [1.807, 2.05) is 249 Å². The Labute approximate surface area is 890 Å². The topological polar surface area (TPSA) is 136 Å². The summed E-state index contributed by atoms with van der Waals surface area (Å²) in [5.41, 5.74) is 37.2. The fraction of sp³-hybridized carbons (Fsp3) is 0.0303. The molecule has 16 aromatic carbocycles. The average Bonchev–Trinajstić information content (AvgIpc) is 1.64. The van der Waals surface area contributed by atoms with Crippen molar-refractivity contribution in [2.24, 2.45) is 0 Å². The van der Waals surface area contributed by atoms with E-state index in [-0.39, 0.29) is 39.0 Å². The van der Waals surface area contributed by atoms with Crippen LogP contribution in [-0.4, -0.2) is 59.1 Å². The van der Waals surface area contributed by atoms with Crippen molar-refractivity contribution in [3.8, 4) is 157 Å². The number of hydrogen-bond acceptors (Lipinski definition) is 10. The van der Waals surface area contributed by atoms with Gasteiger partial charge in [0, 0.05) is 102 Å². The maximum atomic E-state index is 6.00. The van der Waals surface area contributed by atoms with E-state index in [1.165, 1.54) is 92.5 Å². The standard InChI is InChI=1S/2C23H19N2.C22H14N2O.C22H14N2S.2C21H15N2.2Rh/c2*1-17-23(18(2)25(24-17)22-11-7-4-8-12-22)21-15-13-20(14-16-21)19-9-5-3-6-10-19;2*1-2-7-21-17(5-1)18-9-8-15(14-22(18)25-21)16-10-12-24-20(13-16)19-6-3-4-11-23-19;2*1-3-7-17(8-4-1)18-11-13-19(14-12-18)20-15-22-23(16-20)21-9-5-2-6-10-21;;/h2*3-11,13-16H,1-2H3;2*1-14H;2*1-9,11-16H;;/q2*-1;;;2*-1;2*+2. The molecule has 0 aliphatic rings. The number of pyridine rings is 4. The summed E-state index contributed by atoms with van der Waals surface area (Å²) >= 11 is 1.84. The second-order valence-electron chi connectivity index (χ2n) is 34.9. The predicted molar refractivity (Wildman–Crippen MR) is 598 cm³/mol. The van der Waals surface area contributed by atoms with E-state index < -0.39 is 0 Å². The number of benzene rings is 16. The van der Waals surface area contributed by atoms with Crippen LogP contribution in [0.2, 0.25) is 0 Å². The van der Waals surface area contributed by atoms with E-state index >= 15 is 0 Å². The SMILES string of the molecule is Cc1nn(-c2[c-]cccc2)c(C)c1-c1ccc(-c2ccccc2)cc1.Cc1nn(-c2[c-]cccc2)c(C)c1-c1ccc(-c2ccccc2)cc1.[Rh+2].[Rh+2].[c-]1ccccc1-n1cc(-c2ccc(-c3ccccc3)cc2)cn1.[c-]1ccccc1-n1cc(-c2ccc(-c3ccccc3)cc2)cn1.c1ccc(-c2cc(-c3ccc4c(c3)oc3ccccc34)ccn2)nc1.c1ccc(-c2cc(-c3ccc4c(c3)sc3ccccc34)ccn2)nc1. The number of fused-ring (bicyclic) bond motifs is 6. The molecular formula is C132H96N12ORh2S. The summed E-state index contributed by atoms with van der Waals surface area (Å²) in [5.74, 6) is 0. The molecule has 26 rings (SSSR count). The molecule has 0 saturated heterocycles. The fourth-order valence-corrected chi connectivity index (χ4v) is 19.3. The van der Waals surface area contributed by atoms with Gasteiger partial charge in [-0.05, 0) is 218 Å². The van der Waals surface area contributed by atoms with Crippen LogP contribution < -0.4 is 0 Å². The normalized spacial score (nSPS) is 10.7. The summed E-state index contributed by atoms with van der Waals surface area (Å²) in [6.45, 7) is 8.35. The van der Waals surface area contributed by atoms with Gasteiger partial charge in [-0.3, -0.25) is 38.7 Å². The Kier molecular flexibility index (Phi) is 31.6. The Bertz CT molecular complexity index is 8310. The van der Waals surface area contributed by atoms with Crippen LogP contribution in [0.15, 0.2) is 515 Å². The molecule has 0 saturated carbocycles. The van der Waals surface area contributed by atoms with Crippen molar-refractivity contribution in [3.05, 3.63) is 558 Å². The Morgan fingerprint density at radius 1 is 0.230 bits per heavy atom. The second kappa shape index (κ2) is 47.2. The molecule has 0 N–H and O–H groups in total. The number of nitrogens with zero attached hydrogens (tertiary/aromatic N) is 12. The fourth-order valence-electron chi connectivity index (χ4n) is 18.1. The third-order valence-corrected chi connectivity index (χ3v) is 26.6. The Morgan fingerprint density at radius 2 is 0.541 bits per heavy atom. The molecule has 2 radical (unpaired) electrons. The van der Waals surface area contributed by atoms with Crippen molar-refractivity contribution in [3.63, 3.8) is 0 Å². The number of thiophene rings is 1. The first-order chi connectivity index (χ1) is 72.0. The molecule has 0 atom stereocenters. The van der Waals surface area contributed by atoms with Crippen LogP contribution in [0, 0.1) is 52.0 Å². The van der Waals surface area contributed by atoms with E-state index in [2.05, 4.69) is 361 Å². The molecule has 0 aliphatic heterocycles. The summed E-state index contributed by atoms with van der Waals surface area (Å²) in [7, 11) is 0. The van der Waals surface area contributed by atoms with E-state index in [4.69, 9.17) is 14.6 Å². The third-order valence-electron chi connectivity index (χ3n) is 25.5. The van der Waals surface area contributed by atoms with Gasteiger partial charge < -0.3 is 4.42 Å². The Morgan fingerprint density at radius 3 is 0.939 bits per heavy atom. The molecular weight excluding hydrogens is 2010 g/mol. The van der Waals surface area contributed by atoms with Crippen molar-refractivity contribution < 1.29 is 43.4 Å². The first-order valence-electron chi connectivity index (χ1n) is 48.4.